The molecule has 82 valence electrons. The molecule has 1 aromatic heterocycles. The summed E-state index contributed by atoms with van der Waals surface area (Å²) in [4.78, 5) is 15.1. The first kappa shape index (κ1) is 10.8. The molecule has 0 spiro atoms. The van der Waals surface area contributed by atoms with Crippen LogP contribution in [0.25, 0.3) is 10.4 Å². The van der Waals surface area contributed by atoms with Crippen molar-refractivity contribution < 1.29 is 14.3 Å². The smallest absolute Gasteiger partial charge is 0.356 e. The summed E-state index contributed by atoms with van der Waals surface area (Å²) >= 11 is 1.19. The van der Waals surface area contributed by atoms with E-state index in [1.54, 1.807) is 19.1 Å². The van der Waals surface area contributed by atoms with E-state index in [9.17, 15) is 9.18 Å². The number of benzene rings is 1. The third-order valence-corrected chi connectivity index (χ3v) is 3.08. The van der Waals surface area contributed by atoms with Gasteiger partial charge in [-0.05, 0) is 24.1 Å². The average Bonchev–Trinajstić information content (AvgIpc) is 2.71. The van der Waals surface area contributed by atoms with Crippen molar-refractivity contribution in [2.45, 2.75) is 6.92 Å². The highest BCUT2D eigenvalue weighted by atomic mass is 32.1. The maximum absolute atomic E-state index is 13.3. The first-order chi connectivity index (χ1) is 7.59. The summed E-state index contributed by atoms with van der Waals surface area (Å²) in [7, 11) is 0. The molecule has 5 heteroatoms. The van der Waals surface area contributed by atoms with Crippen LogP contribution in [0, 0.1) is 12.7 Å². The van der Waals surface area contributed by atoms with Gasteiger partial charge in [-0.1, -0.05) is 12.1 Å². The van der Waals surface area contributed by atoms with E-state index in [0.29, 0.717) is 16.0 Å². The molecular weight excluding hydrogens is 229 g/mol. The van der Waals surface area contributed by atoms with Crippen LogP contribution in [-0.4, -0.2) is 16.1 Å². The molecule has 0 saturated carbocycles. The van der Waals surface area contributed by atoms with Crippen molar-refractivity contribution in [1.82, 2.24) is 4.98 Å². The maximum atomic E-state index is 13.3. The minimum atomic E-state index is -1.10. The number of carbonyl (C=O) groups is 1. The molecule has 1 aromatic carbocycles. The SMILES string of the molecule is Cc1ccc(-c2scnc2C(=O)O)cc1F. The topological polar surface area (TPSA) is 50.2 Å². The highest BCUT2D eigenvalue weighted by Crippen LogP contribution is 2.28. The molecule has 1 N–H and O–H groups in total. The Hall–Kier alpha value is -1.75. The Balaban J connectivity index is 2.54. The highest BCUT2D eigenvalue weighted by Gasteiger charge is 2.15. The monoisotopic (exact) mass is 237 g/mol. The maximum Gasteiger partial charge on any atom is 0.356 e. The van der Waals surface area contributed by atoms with Crippen LogP contribution in [0.2, 0.25) is 0 Å². The standard InChI is InChI=1S/C11H8FNO2S/c1-6-2-3-7(4-8(6)12)10-9(11(14)15)13-5-16-10/h2-5H,1H3,(H,14,15). The van der Waals surface area contributed by atoms with Gasteiger partial charge in [-0.2, -0.15) is 0 Å². The molecule has 0 fully saturated rings. The predicted molar refractivity (Wildman–Crippen MR) is 59.2 cm³/mol. The third kappa shape index (κ3) is 1.81. The van der Waals surface area contributed by atoms with Crippen molar-refractivity contribution in [3.63, 3.8) is 0 Å². The number of halogens is 1. The Labute approximate surface area is 95.2 Å². The molecule has 2 aromatic rings. The van der Waals surface area contributed by atoms with E-state index >= 15 is 0 Å². The highest BCUT2D eigenvalue weighted by molar-refractivity contribution is 7.13. The summed E-state index contributed by atoms with van der Waals surface area (Å²) in [6.45, 7) is 1.66. The zero-order chi connectivity index (χ0) is 11.7. The van der Waals surface area contributed by atoms with E-state index in [0.717, 1.165) is 0 Å². The molecular formula is C11H8FNO2S. The predicted octanol–water partition coefficient (Wildman–Crippen LogP) is 2.96. The number of aryl methyl sites for hydroxylation is 1. The molecule has 0 aliphatic carbocycles. The minimum Gasteiger partial charge on any atom is -0.476 e. The van der Waals surface area contributed by atoms with E-state index in [2.05, 4.69) is 4.98 Å². The van der Waals surface area contributed by atoms with E-state index in [4.69, 9.17) is 5.11 Å². The summed E-state index contributed by atoms with van der Waals surface area (Å²) in [6.07, 6.45) is 0. The fourth-order valence-electron chi connectivity index (χ4n) is 1.34. The van der Waals surface area contributed by atoms with Crippen LogP contribution in [0.5, 0.6) is 0 Å². The number of nitrogens with zero attached hydrogens (tertiary/aromatic N) is 1. The number of hydrogen-bond donors (Lipinski definition) is 1. The van der Waals surface area contributed by atoms with Crippen LogP contribution in [0.1, 0.15) is 16.1 Å². The van der Waals surface area contributed by atoms with Gasteiger partial charge in [0, 0.05) is 0 Å². The normalized spacial score (nSPS) is 10.4. The summed E-state index contributed by atoms with van der Waals surface area (Å²) in [5.41, 5.74) is 2.48. The van der Waals surface area contributed by atoms with Gasteiger partial charge in [0.1, 0.15) is 5.82 Å². The lowest BCUT2D eigenvalue weighted by molar-refractivity contribution is 0.0692. The average molecular weight is 237 g/mol. The second-order valence-corrected chi connectivity index (χ2v) is 4.15. The van der Waals surface area contributed by atoms with Crippen molar-refractivity contribution in [3.05, 3.63) is 40.8 Å². The second-order valence-electron chi connectivity index (χ2n) is 3.30. The summed E-state index contributed by atoms with van der Waals surface area (Å²) < 4.78 is 13.3. The van der Waals surface area contributed by atoms with E-state index in [1.807, 2.05) is 0 Å². The molecule has 0 unspecified atom stereocenters. The van der Waals surface area contributed by atoms with Crippen LogP contribution in [0.15, 0.2) is 23.7 Å². The molecule has 16 heavy (non-hydrogen) atoms. The number of rotatable bonds is 2. The van der Waals surface area contributed by atoms with Crippen molar-refractivity contribution in [2.24, 2.45) is 0 Å². The Morgan fingerprint density at radius 3 is 2.88 bits per heavy atom. The molecule has 1 heterocycles. The first-order valence-corrected chi connectivity index (χ1v) is 5.41. The van der Waals surface area contributed by atoms with Crippen LogP contribution >= 0.6 is 11.3 Å². The molecule has 2 rings (SSSR count). The van der Waals surface area contributed by atoms with Gasteiger partial charge in [-0.3, -0.25) is 0 Å². The Kier molecular flexibility index (Phi) is 2.70. The zero-order valence-electron chi connectivity index (χ0n) is 8.40. The Bertz CT molecular complexity index is 551. The van der Waals surface area contributed by atoms with Gasteiger partial charge in [-0.15, -0.1) is 11.3 Å². The number of aromatic carboxylic acids is 1. The number of carboxylic acid groups (broad SMARTS) is 1. The fourth-order valence-corrected chi connectivity index (χ4v) is 2.12. The lowest BCUT2D eigenvalue weighted by Gasteiger charge is -2.01. The minimum absolute atomic E-state index is 0.0340. The van der Waals surface area contributed by atoms with E-state index in [1.165, 1.54) is 22.9 Å². The molecule has 0 saturated heterocycles. The fraction of sp³-hybridized carbons (Fsp3) is 0.0909. The van der Waals surface area contributed by atoms with Crippen LogP contribution < -0.4 is 0 Å². The van der Waals surface area contributed by atoms with Crippen LogP contribution in [-0.2, 0) is 0 Å². The van der Waals surface area contributed by atoms with Crippen LogP contribution in [0.3, 0.4) is 0 Å². The van der Waals surface area contributed by atoms with Crippen molar-refractivity contribution in [1.29, 1.82) is 0 Å². The molecule has 3 nitrogen and oxygen atoms in total. The summed E-state index contributed by atoms with van der Waals surface area (Å²) in [6, 6.07) is 4.64. The summed E-state index contributed by atoms with van der Waals surface area (Å²) in [5.74, 6) is -1.44. The van der Waals surface area contributed by atoms with Gasteiger partial charge in [0.25, 0.3) is 0 Å². The van der Waals surface area contributed by atoms with Gasteiger partial charge in [0.2, 0.25) is 0 Å². The summed E-state index contributed by atoms with van der Waals surface area (Å²) in [5, 5.41) is 8.89. The number of carboxylic acids is 1. The van der Waals surface area contributed by atoms with E-state index < -0.39 is 5.97 Å². The lowest BCUT2D eigenvalue weighted by Crippen LogP contribution is -1.98. The van der Waals surface area contributed by atoms with Gasteiger partial charge in [0.15, 0.2) is 5.69 Å². The molecule has 0 bridgehead atoms. The molecule has 0 aliphatic heterocycles. The zero-order valence-corrected chi connectivity index (χ0v) is 9.21. The van der Waals surface area contributed by atoms with Crippen LogP contribution in [0.4, 0.5) is 4.39 Å². The molecule has 0 aliphatic rings. The first-order valence-electron chi connectivity index (χ1n) is 4.53. The largest absolute Gasteiger partial charge is 0.476 e. The third-order valence-electron chi connectivity index (χ3n) is 2.20. The van der Waals surface area contributed by atoms with Crippen molar-refractivity contribution >= 4 is 17.3 Å². The molecule has 0 amide bonds. The Morgan fingerprint density at radius 1 is 1.50 bits per heavy atom. The lowest BCUT2D eigenvalue weighted by atomic mass is 10.1. The van der Waals surface area contributed by atoms with Gasteiger partial charge in [0.05, 0.1) is 10.4 Å². The Morgan fingerprint density at radius 2 is 2.25 bits per heavy atom. The number of hydrogen-bond acceptors (Lipinski definition) is 3. The van der Waals surface area contributed by atoms with Gasteiger partial charge < -0.3 is 5.11 Å². The van der Waals surface area contributed by atoms with Crippen molar-refractivity contribution in [2.75, 3.05) is 0 Å². The molecule has 0 atom stereocenters. The molecule has 0 radical (unpaired) electrons. The van der Waals surface area contributed by atoms with E-state index in [-0.39, 0.29) is 11.5 Å². The second kappa shape index (κ2) is 4.02. The number of aromatic nitrogens is 1. The van der Waals surface area contributed by atoms with Crippen molar-refractivity contribution in [3.8, 4) is 10.4 Å². The number of thiazole rings is 1. The van der Waals surface area contributed by atoms with Gasteiger partial charge >= 0.3 is 5.97 Å². The van der Waals surface area contributed by atoms with Gasteiger partial charge in [-0.25, -0.2) is 14.2 Å². The quantitative estimate of drug-likeness (QED) is 0.873.